The molecule has 1 amide bonds. The summed E-state index contributed by atoms with van der Waals surface area (Å²) in [6, 6.07) is 17.2. The van der Waals surface area contributed by atoms with E-state index in [0.29, 0.717) is 47.5 Å². The van der Waals surface area contributed by atoms with E-state index in [4.69, 9.17) is 13.9 Å². The first-order chi connectivity index (χ1) is 16.2. The highest BCUT2D eigenvalue weighted by Gasteiger charge is 2.19. The summed E-state index contributed by atoms with van der Waals surface area (Å²) in [4.78, 5) is 17.5. The fraction of sp³-hybridized carbons (Fsp3) is 0.125. The van der Waals surface area contributed by atoms with Crippen molar-refractivity contribution in [3.05, 3.63) is 72.1 Å². The number of carbonyl (C=O) groups is 1. The van der Waals surface area contributed by atoms with Crippen LogP contribution in [0.5, 0.6) is 11.5 Å². The molecule has 164 valence electrons. The molecule has 0 spiro atoms. The molecule has 0 bridgehead atoms. The number of hydrogen-bond acceptors (Lipinski definition) is 7. The number of ether oxygens (including phenoxy) is 2. The summed E-state index contributed by atoms with van der Waals surface area (Å²) in [7, 11) is 0. The zero-order chi connectivity index (χ0) is 22.2. The third-order valence-corrected chi connectivity index (χ3v) is 6.36. The highest BCUT2D eigenvalue weighted by molar-refractivity contribution is 7.21. The number of fused-ring (bicyclic) bond motifs is 2. The van der Waals surface area contributed by atoms with Crippen molar-refractivity contribution >= 4 is 27.5 Å². The molecule has 33 heavy (non-hydrogen) atoms. The van der Waals surface area contributed by atoms with Crippen LogP contribution >= 0.6 is 11.3 Å². The molecule has 0 atom stereocenters. The first kappa shape index (κ1) is 19.6. The zero-order valence-electron chi connectivity index (χ0n) is 17.3. The molecule has 0 aliphatic carbocycles. The molecule has 3 aromatic heterocycles. The second-order valence-corrected chi connectivity index (χ2v) is 8.48. The lowest BCUT2D eigenvalue weighted by atomic mass is 10.1. The molecule has 0 saturated heterocycles. The Morgan fingerprint density at radius 1 is 1.06 bits per heavy atom. The minimum atomic E-state index is -0.258. The molecule has 2 aromatic carbocycles. The van der Waals surface area contributed by atoms with Crippen molar-refractivity contribution in [3.8, 4) is 33.5 Å². The Morgan fingerprint density at radius 3 is 2.85 bits per heavy atom. The second-order valence-electron chi connectivity index (χ2n) is 7.45. The quantitative estimate of drug-likeness (QED) is 0.398. The molecule has 8 nitrogen and oxygen atoms in total. The maximum Gasteiger partial charge on any atom is 0.255 e. The van der Waals surface area contributed by atoms with E-state index >= 15 is 0 Å². The molecule has 1 aliphatic rings. The van der Waals surface area contributed by atoms with Gasteiger partial charge in [-0.15, -0.1) is 11.3 Å². The number of H-pyrrole nitrogens is 1. The summed E-state index contributed by atoms with van der Waals surface area (Å²) in [5.74, 6) is 2.41. The number of aromatic nitrogens is 3. The van der Waals surface area contributed by atoms with Gasteiger partial charge in [-0.2, -0.15) is 5.10 Å². The zero-order valence-corrected chi connectivity index (χ0v) is 18.1. The molecule has 5 aromatic rings. The monoisotopic (exact) mass is 458 g/mol. The number of furan rings is 1. The summed E-state index contributed by atoms with van der Waals surface area (Å²) >= 11 is 1.57. The number of rotatable bonds is 5. The Morgan fingerprint density at radius 2 is 1.94 bits per heavy atom. The average molecular weight is 458 g/mol. The lowest BCUT2D eigenvalue weighted by Gasteiger charge is -2.18. The van der Waals surface area contributed by atoms with Crippen molar-refractivity contribution in [2.24, 2.45) is 0 Å². The van der Waals surface area contributed by atoms with Gasteiger partial charge in [0.2, 0.25) is 0 Å². The SMILES string of the molecule is O=C(NCc1ccc(-c2nc3ccccc3s2)o1)c1cn[nH]c1-c1ccc2c(c1)OCCO2. The van der Waals surface area contributed by atoms with Crippen LogP contribution < -0.4 is 14.8 Å². The van der Waals surface area contributed by atoms with E-state index in [0.717, 1.165) is 20.8 Å². The molecule has 1 aliphatic heterocycles. The van der Waals surface area contributed by atoms with Crippen LogP contribution in [0.3, 0.4) is 0 Å². The third-order valence-electron chi connectivity index (χ3n) is 5.30. The fourth-order valence-corrected chi connectivity index (χ4v) is 4.63. The van der Waals surface area contributed by atoms with Crippen molar-refractivity contribution in [3.63, 3.8) is 0 Å². The molecule has 0 fully saturated rings. The molecule has 9 heteroatoms. The number of hydrogen-bond donors (Lipinski definition) is 2. The molecular formula is C24H18N4O4S. The van der Waals surface area contributed by atoms with Gasteiger partial charge in [0.15, 0.2) is 22.3 Å². The number of aromatic amines is 1. The van der Waals surface area contributed by atoms with Crippen molar-refractivity contribution in [1.29, 1.82) is 0 Å². The molecular weight excluding hydrogens is 440 g/mol. The summed E-state index contributed by atoms with van der Waals surface area (Å²) in [6.45, 7) is 1.27. The topological polar surface area (TPSA) is 102 Å². The number of para-hydroxylation sites is 1. The van der Waals surface area contributed by atoms with Gasteiger partial charge in [0, 0.05) is 5.56 Å². The smallest absolute Gasteiger partial charge is 0.255 e. The molecule has 6 rings (SSSR count). The second kappa shape index (κ2) is 8.10. The number of nitrogens with zero attached hydrogens (tertiary/aromatic N) is 2. The molecule has 0 saturated carbocycles. The largest absolute Gasteiger partial charge is 0.486 e. The van der Waals surface area contributed by atoms with Gasteiger partial charge in [-0.3, -0.25) is 9.89 Å². The van der Waals surface area contributed by atoms with Crippen molar-refractivity contribution in [2.75, 3.05) is 13.2 Å². The fourth-order valence-electron chi connectivity index (χ4n) is 3.71. The van der Waals surface area contributed by atoms with Crippen LogP contribution in [-0.2, 0) is 6.54 Å². The van der Waals surface area contributed by atoms with Gasteiger partial charge in [-0.25, -0.2) is 4.98 Å². The molecule has 4 heterocycles. The highest BCUT2D eigenvalue weighted by Crippen LogP contribution is 2.35. The van der Waals surface area contributed by atoms with Crippen LogP contribution in [0.4, 0.5) is 0 Å². The van der Waals surface area contributed by atoms with Gasteiger partial charge in [0.25, 0.3) is 5.91 Å². The van der Waals surface area contributed by atoms with E-state index < -0.39 is 0 Å². The predicted molar refractivity (Wildman–Crippen MR) is 124 cm³/mol. The third kappa shape index (κ3) is 3.72. The number of thiazole rings is 1. The van der Waals surface area contributed by atoms with Gasteiger partial charge in [-0.05, 0) is 42.5 Å². The number of carbonyl (C=O) groups excluding carboxylic acids is 1. The van der Waals surface area contributed by atoms with Gasteiger partial charge in [0.05, 0.1) is 34.2 Å². The van der Waals surface area contributed by atoms with Gasteiger partial charge in [-0.1, -0.05) is 12.1 Å². The van der Waals surface area contributed by atoms with Crippen molar-refractivity contribution < 1.29 is 18.7 Å². The maximum atomic E-state index is 12.9. The highest BCUT2D eigenvalue weighted by atomic mass is 32.1. The molecule has 0 radical (unpaired) electrons. The first-order valence-electron chi connectivity index (χ1n) is 10.4. The Hall–Kier alpha value is -4.11. The van der Waals surface area contributed by atoms with E-state index in [1.54, 1.807) is 11.3 Å². The van der Waals surface area contributed by atoms with Crippen LogP contribution in [0, 0.1) is 0 Å². The van der Waals surface area contributed by atoms with Gasteiger partial charge < -0.3 is 19.2 Å². The van der Waals surface area contributed by atoms with E-state index in [-0.39, 0.29) is 12.5 Å². The van der Waals surface area contributed by atoms with Crippen LogP contribution in [0.2, 0.25) is 0 Å². The van der Waals surface area contributed by atoms with Crippen LogP contribution in [0.1, 0.15) is 16.1 Å². The van der Waals surface area contributed by atoms with Crippen LogP contribution in [0.15, 0.2) is 65.2 Å². The predicted octanol–water partition coefficient (Wildman–Crippen LogP) is 4.65. The summed E-state index contributed by atoms with van der Waals surface area (Å²) in [6.07, 6.45) is 1.51. The van der Waals surface area contributed by atoms with Gasteiger partial charge in [0.1, 0.15) is 19.0 Å². The Kier molecular flexibility index (Phi) is 4.80. The van der Waals surface area contributed by atoms with E-state index in [1.807, 2.05) is 54.6 Å². The lowest BCUT2D eigenvalue weighted by Crippen LogP contribution is -2.22. The minimum absolute atomic E-state index is 0.246. The average Bonchev–Trinajstić information content (AvgIpc) is 3.61. The summed E-state index contributed by atoms with van der Waals surface area (Å²) < 4.78 is 18.2. The standard InChI is InChI=1S/C24H18N4O4S/c29-23(16-13-26-28-22(16)14-5-7-18-20(11-14)31-10-9-30-18)25-12-15-6-8-19(32-15)24-27-17-3-1-2-4-21(17)33-24/h1-8,11,13H,9-10,12H2,(H,25,29)(H,26,28). The summed E-state index contributed by atoms with van der Waals surface area (Å²) in [5.41, 5.74) is 2.78. The van der Waals surface area contributed by atoms with E-state index in [9.17, 15) is 4.79 Å². The Labute approximate surface area is 192 Å². The van der Waals surface area contributed by atoms with Crippen LogP contribution in [-0.4, -0.2) is 34.3 Å². The molecule has 0 unspecified atom stereocenters. The number of amides is 1. The normalized spacial score (nSPS) is 12.7. The Balaban J connectivity index is 1.17. The number of nitrogens with one attached hydrogen (secondary N) is 2. The minimum Gasteiger partial charge on any atom is -0.486 e. The van der Waals surface area contributed by atoms with Crippen molar-refractivity contribution in [2.45, 2.75) is 6.54 Å². The first-order valence-corrected chi connectivity index (χ1v) is 11.2. The lowest BCUT2D eigenvalue weighted by molar-refractivity contribution is 0.0949. The maximum absolute atomic E-state index is 12.9. The summed E-state index contributed by atoms with van der Waals surface area (Å²) in [5, 5.41) is 10.7. The van der Waals surface area contributed by atoms with Crippen molar-refractivity contribution in [1.82, 2.24) is 20.5 Å². The van der Waals surface area contributed by atoms with Gasteiger partial charge >= 0.3 is 0 Å². The molecule has 2 N–H and O–H groups in total. The van der Waals surface area contributed by atoms with E-state index in [2.05, 4.69) is 20.5 Å². The van der Waals surface area contributed by atoms with Crippen LogP contribution in [0.25, 0.3) is 32.2 Å². The number of benzene rings is 2. The van der Waals surface area contributed by atoms with E-state index in [1.165, 1.54) is 6.20 Å². The Bertz CT molecular complexity index is 1440.